The van der Waals surface area contributed by atoms with Gasteiger partial charge in [0.15, 0.2) is 5.82 Å². The van der Waals surface area contributed by atoms with E-state index in [0.29, 0.717) is 0 Å². The summed E-state index contributed by atoms with van der Waals surface area (Å²) in [6.07, 6.45) is 6.06. The second-order valence-corrected chi connectivity index (χ2v) is 7.23. The Morgan fingerprint density at radius 3 is 2.96 bits per heavy atom. The van der Waals surface area contributed by atoms with Crippen LogP contribution in [0.15, 0.2) is 24.0 Å². The summed E-state index contributed by atoms with van der Waals surface area (Å²) in [4.78, 5) is 25.1. The van der Waals surface area contributed by atoms with Crippen LogP contribution in [0.3, 0.4) is 0 Å². The summed E-state index contributed by atoms with van der Waals surface area (Å²) in [5.41, 5.74) is 4.78. The topological polar surface area (TPSA) is 70.6 Å². The number of hydrogen-bond donors (Lipinski definition) is 1. The van der Waals surface area contributed by atoms with E-state index in [1.54, 1.807) is 11.3 Å². The number of aromatic amines is 1. The van der Waals surface area contributed by atoms with Crippen molar-refractivity contribution in [2.75, 3.05) is 6.54 Å². The third-order valence-corrected chi connectivity index (χ3v) is 5.09. The Bertz CT molecular complexity index is 825. The summed E-state index contributed by atoms with van der Waals surface area (Å²) >= 11 is 1.70. The molecule has 1 atom stereocenters. The first-order valence-electron chi connectivity index (χ1n) is 8.18. The Balaban J connectivity index is 1.64. The highest BCUT2D eigenvalue weighted by atomic mass is 32.1. The lowest BCUT2D eigenvalue weighted by molar-refractivity contribution is 0.241. The normalized spacial score (nSPS) is 18.3. The molecule has 24 heavy (non-hydrogen) atoms. The molecule has 1 fully saturated rings. The van der Waals surface area contributed by atoms with Gasteiger partial charge in [-0.2, -0.15) is 0 Å². The predicted octanol–water partition coefficient (Wildman–Crippen LogP) is 3.28. The summed E-state index contributed by atoms with van der Waals surface area (Å²) in [6, 6.07) is 2.26. The Morgan fingerprint density at radius 2 is 2.21 bits per heavy atom. The van der Waals surface area contributed by atoms with Crippen LogP contribution in [0.2, 0.25) is 0 Å². The van der Waals surface area contributed by atoms with Gasteiger partial charge in [-0.3, -0.25) is 9.88 Å². The summed E-state index contributed by atoms with van der Waals surface area (Å²) in [5.74, 6) is 1.72. The van der Waals surface area contributed by atoms with Gasteiger partial charge in [0.05, 0.1) is 11.6 Å². The number of aromatic nitrogens is 5. The van der Waals surface area contributed by atoms with Crippen LogP contribution in [-0.2, 0) is 6.54 Å². The lowest BCUT2D eigenvalue weighted by Crippen LogP contribution is -2.24. The molecule has 4 heterocycles. The van der Waals surface area contributed by atoms with Gasteiger partial charge in [-0.05, 0) is 39.3 Å². The third-order valence-electron chi connectivity index (χ3n) is 4.32. The molecule has 0 bridgehead atoms. The van der Waals surface area contributed by atoms with Crippen molar-refractivity contribution >= 4 is 11.3 Å². The molecule has 3 aromatic heterocycles. The Hall–Kier alpha value is -2.12. The highest BCUT2D eigenvalue weighted by Gasteiger charge is 2.29. The van der Waals surface area contributed by atoms with Crippen LogP contribution in [0.1, 0.15) is 41.0 Å². The number of aryl methyl sites for hydroxylation is 2. The second-order valence-electron chi connectivity index (χ2n) is 6.26. The lowest BCUT2D eigenvalue weighted by atomic mass is 10.2. The van der Waals surface area contributed by atoms with E-state index in [0.717, 1.165) is 48.2 Å². The minimum absolute atomic E-state index is 0.266. The fourth-order valence-electron chi connectivity index (χ4n) is 3.23. The zero-order chi connectivity index (χ0) is 16.5. The van der Waals surface area contributed by atoms with Crippen molar-refractivity contribution in [2.24, 2.45) is 0 Å². The Labute approximate surface area is 145 Å². The molecule has 1 aliphatic heterocycles. The van der Waals surface area contributed by atoms with Crippen molar-refractivity contribution in [2.45, 2.75) is 39.3 Å². The van der Waals surface area contributed by atoms with Crippen LogP contribution in [-0.4, -0.2) is 36.4 Å². The first kappa shape index (κ1) is 15.4. The summed E-state index contributed by atoms with van der Waals surface area (Å²) in [7, 11) is 0. The van der Waals surface area contributed by atoms with Gasteiger partial charge in [-0.1, -0.05) is 0 Å². The van der Waals surface area contributed by atoms with Gasteiger partial charge < -0.3 is 4.98 Å². The molecule has 124 valence electrons. The Morgan fingerprint density at radius 1 is 1.29 bits per heavy atom. The van der Waals surface area contributed by atoms with Gasteiger partial charge in [0, 0.05) is 35.2 Å². The zero-order valence-electron chi connectivity index (χ0n) is 13.9. The van der Waals surface area contributed by atoms with E-state index in [1.165, 1.54) is 11.3 Å². The fraction of sp³-hybridized carbons (Fsp3) is 0.412. The molecule has 7 heteroatoms. The predicted molar refractivity (Wildman–Crippen MR) is 93.6 cm³/mol. The molecule has 0 saturated carbocycles. The monoisotopic (exact) mass is 340 g/mol. The SMILES string of the molecule is Cc1cc(-c2ncc(C)[nH]2)nc([C@@H]2CCCN2Cc2cncs2)n1. The number of nitrogens with one attached hydrogen (secondary N) is 1. The Kier molecular flexibility index (Phi) is 4.12. The number of nitrogens with zero attached hydrogens (tertiary/aromatic N) is 5. The van der Waals surface area contributed by atoms with E-state index in [9.17, 15) is 0 Å². The van der Waals surface area contributed by atoms with Crippen LogP contribution >= 0.6 is 11.3 Å². The third kappa shape index (κ3) is 3.09. The molecule has 0 amide bonds. The average Bonchev–Trinajstić information content (AvgIpc) is 3.29. The quantitative estimate of drug-likeness (QED) is 0.789. The summed E-state index contributed by atoms with van der Waals surface area (Å²) in [6.45, 7) is 6.02. The van der Waals surface area contributed by atoms with Crippen LogP contribution in [0.25, 0.3) is 11.5 Å². The standard InChI is InChI=1S/C17H20N6S/c1-11-6-14(16-19-7-12(2)21-16)22-17(20-11)15-4-3-5-23(15)9-13-8-18-10-24-13/h6-8,10,15H,3-5,9H2,1-2H3,(H,19,21)/t15-/m0/s1. The molecule has 3 aromatic rings. The molecule has 0 unspecified atom stereocenters. The minimum atomic E-state index is 0.266. The van der Waals surface area contributed by atoms with E-state index >= 15 is 0 Å². The molecule has 0 radical (unpaired) electrons. The highest BCUT2D eigenvalue weighted by Crippen LogP contribution is 2.32. The first-order chi connectivity index (χ1) is 11.7. The maximum atomic E-state index is 4.82. The van der Waals surface area contributed by atoms with E-state index in [1.807, 2.05) is 37.8 Å². The fourth-order valence-corrected chi connectivity index (χ4v) is 3.85. The van der Waals surface area contributed by atoms with Crippen molar-refractivity contribution in [3.05, 3.63) is 46.1 Å². The summed E-state index contributed by atoms with van der Waals surface area (Å²) < 4.78 is 0. The molecular weight excluding hydrogens is 320 g/mol. The van der Waals surface area contributed by atoms with Crippen LogP contribution in [0.4, 0.5) is 0 Å². The maximum absolute atomic E-state index is 4.82. The lowest BCUT2D eigenvalue weighted by Gasteiger charge is -2.23. The smallest absolute Gasteiger partial charge is 0.156 e. The number of likely N-dealkylation sites (tertiary alicyclic amines) is 1. The zero-order valence-corrected chi connectivity index (χ0v) is 14.7. The van der Waals surface area contributed by atoms with Crippen molar-refractivity contribution in [1.82, 2.24) is 29.8 Å². The number of imidazole rings is 1. The number of H-pyrrole nitrogens is 1. The van der Waals surface area contributed by atoms with Gasteiger partial charge >= 0.3 is 0 Å². The van der Waals surface area contributed by atoms with Gasteiger partial charge in [0.1, 0.15) is 11.5 Å². The maximum Gasteiger partial charge on any atom is 0.156 e. The molecule has 0 aliphatic carbocycles. The van der Waals surface area contributed by atoms with E-state index in [-0.39, 0.29) is 6.04 Å². The number of thiazole rings is 1. The van der Waals surface area contributed by atoms with Gasteiger partial charge in [-0.15, -0.1) is 11.3 Å². The number of rotatable bonds is 4. The molecule has 1 aliphatic rings. The molecule has 1 N–H and O–H groups in total. The average molecular weight is 340 g/mol. The molecule has 6 nitrogen and oxygen atoms in total. The highest BCUT2D eigenvalue weighted by molar-refractivity contribution is 7.09. The van der Waals surface area contributed by atoms with Crippen molar-refractivity contribution in [3.63, 3.8) is 0 Å². The molecule has 1 saturated heterocycles. The van der Waals surface area contributed by atoms with Crippen LogP contribution < -0.4 is 0 Å². The van der Waals surface area contributed by atoms with Gasteiger partial charge in [0.2, 0.25) is 0 Å². The minimum Gasteiger partial charge on any atom is -0.341 e. The molecular formula is C17H20N6S. The van der Waals surface area contributed by atoms with E-state index < -0.39 is 0 Å². The molecule has 4 rings (SSSR count). The first-order valence-corrected chi connectivity index (χ1v) is 9.06. The van der Waals surface area contributed by atoms with Crippen LogP contribution in [0, 0.1) is 13.8 Å². The summed E-state index contributed by atoms with van der Waals surface area (Å²) in [5, 5.41) is 0. The van der Waals surface area contributed by atoms with E-state index in [4.69, 9.17) is 9.97 Å². The number of hydrogen-bond acceptors (Lipinski definition) is 6. The van der Waals surface area contributed by atoms with Crippen molar-refractivity contribution in [1.29, 1.82) is 0 Å². The van der Waals surface area contributed by atoms with Crippen molar-refractivity contribution in [3.8, 4) is 11.5 Å². The van der Waals surface area contributed by atoms with Gasteiger partial charge in [-0.25, -0.2) is 15.0 Å². The van der Waals surface area contributed by atoms with Crippen LogP contribution in [0.5, 0.6) is 0 Å². The van der Waals surface area contributed by atoms with Gasteiger partial charge in [0.25, 0.3) is 0 Å². The van der Waals surface area contributed by atoms with Crippen molar-refractivity contribution < 1.29 is 0 Å². The van der Waals surface area contributed by atoms with E-state index in [2.05, 4.69) is 19.9 Å². The molecule has 0 aromatic carbocycles. The second kappa shape index (κ2) is 6.41. The largest absolute Gasteiger partial charge is 0.341 e. The molecule has 0 spiro atoms.